The zero-order valence-electron chi connectivity index (χ0n) is 12.2. The Morgan fingerprint density at radius 3 is 2.67 bits per heavy atom. The van der Waals surface area contributed by atoms with Gasteiger partial charge in [-0.05, 0) is 38.9 Å². The van der Waals surface area contributed by atoms with Gasteiger partial charge in [-0.3, -0.25) is 4.79 Å². The number of ketones is 1. The van der Waals surface area contributed by atoms with Gasteiger partial charge in [0.25, 0.3) is 0 Å². The Bertz CT molecular complexity index is 457. The van der Waals surface area contributed by atoms with Gasteiger partial charge >= 0.3 is 0 Å². The van der Waals surface area contributed by atoms with E-state index in [0.717, 1.165) is 18.5 Å². The molecule has 0 amide bonds. The van der Waals surface area contributed by atoms with E-state index in [0.29, 0.717) is 18.2 Å². The Hall–Kier alpha value is -1.09. The molecule has 100 valence electrons. The van der Waals surface area contributed by atoms with E-state index in [1.807, 2.05) is 6.07 Å². The molecule has 2 rings (SSSR count). The van der Waals surface area contributed by atoms with Crippen molar-refractivity contribution in [1.29, 1.82) is 0 Å². The van der Waals surface area contributed by atoms with Crippen LogP contribution in [0.4, 0.5) is 0 Å². The van der Waals surface area contributed by atoms with Crippen molar-refractivity contribution in [3.8, 4) is 0 Å². The van der Waals surface area contributed by atoms with E-state index >= 15 is 0 Å². The van der Waals surface area contributed by atoms with Gasteiger partial charge in [-0.15, -0.1) is 0 Å². The Balaban J connectivity index is 2.28. The van der Waals surface area contributed by atoms with Crippen LogP contribution in [0.25, 0.3) is 0 Å². The number of hydrogen-bond acceptors (Lipinski definition) is 2. The van der Waals surface area contributed by atoms with E-state index in [2.05, 4.69) is 50.5 Å². The second kappa shape index (κ2) is 4.54. The molecule has 0 saturated carbocycles. The molecule has 0 saturated heterocycles. The maximum atomic E-state index is 12.1. The zero-order valence-corrected chi connectivity index (χ0v) is 12.2. The van der Waals surface area contributed by atoms with Crippen LogP contribution in [0, 0.1) is 5.41 Å². The van der Waals surface area contributed by atoms with Crippen molar-refractivity contribution in [2.75, 3.05) is 14.1 Å². The van der Waals surface area contributed by atoms with E-state index in [1.54, 1.807) is 0 Å². The van der Waals surface area contributed by atoms with Crippen molar-refractivity contribution in [3.63, 3.8) is 0 Å². The summed E-state index contributed by atoms with van der Waals surface area (Å²) in [6, 6.07) is 2.47. The predicted octanol–water partition coefficient (Wildman–Crippen LogP) is 2.59. The molecule has 1 aromatic rings. The third-order valence-corrected chi connectivity index (χ3v) is 4.01. The summed E-state index contributed by atoms with van der Waals surface area (Å²) < 4.78 is 2.26. The summed E-state index contributed by atoms with van der Waals surface area (Å²) >= 11 is 0. The first kappa shape index (κ1) is 13.3. The summed E-state index contributed by atoms with van der Waals surface area (Å²) in [7, 11) is 4.19. The lowest BCUT2D eigenvalue weighted by Gasteiger charge is -2.30. The molecule has 1 aliphatic rings. The highest BCUT2D eigenvalue weighted by molar-refractivity contribution is 5.98. The Labute approximate surface area is 110 Å². The Kier molecular flexibility index (Phi) is 3.37. The van der Waals surface area contributed by atoms with Crippen LogP contribution < -0.4 is 0 Å². The SMILES string of the molecule is CC(Cn1ccc2c1CC(C)(C)CC2=O)N(C)C. The van der Waals surface area contributed by atoms with E-state index in [-0.39, 0.29) is 5.41 Å². The van der Waals surface area contributed by atoms with Gasteiger partial charge < -0.3 is 9.47 Å². The minimum Gasteiger partial charge on any atom is -0.349 e. The molecule has 0 spiro atoms. The fourth-order valence-electron chi connectivity index (χ4n) is 2.62. The predicted molar refractivity (Wildman–Crippen MR) is 74.0 cm³/mol. The zero-order chi connectivity index (χ0) is 13.5. The van der Waals surface area contributed by atoms with Crippen molar-refractivity contribution >= 4 is 5.78 Å². The number of hydrogen-bond donors (Lipinski definition) is 0. The van der Waals surface area contributed by atoms with Gasteiger partial charge in [-0.1, -0.05) is 13.8 Å². The molecule has 3 nitrogen and oxygen atoms in total. The highest BCUT2D eigenvalue weighted by Crippen LogP contribution is 2.35. The van der Waals surface area contributed by atoms with Crippen LogP contribution in [0.2, 0.25) is 0 Å². The maximum absolute atomic E-state index is 12.1. The van der Waals surface area contributed by atoms with E-state index < -0.39 is 0 Å². The fourth-order valence-corrected chi connectivity index (χ4v) is 2.62. The molecule has 0 fully saturated rings. The summed E-state index contributed by atoms with van der Waals surface area (Å²) in [5, 5.41) is 0. The molecule has 1 unspecified atom stereocenters. The van der Waals surface area contributed by atoms with Gasteiger partial charge in [0.1, 0.15) is 0 Å². The molecule has 1 atom stereocenters. The van der Waals surface area contributed by atoms with Crippen LogP contribution in [0.3, 0.4) is 0 Å². The molecule has 1 heterocycles. The molecule has 1 aliphatic carbocycles. The molecule has 0 aliphatic heterocycles. The van der Waals surface area contributed by atoms with Gasteiger partial charge in [0.15, 0.2) is 5.78 Å². The molecular weight excluding hydrogens is 224 g/mol. The van der Waals surface area contributed by atoms with Crippen LogP contribution in [0.15, 0.2) is 12.3 Å². The highest BCUT2D eigenvalue weighted by atomic mass is 16.1. The summed E-state index contributed by atoms with van der Waals surface area (Å²) in [6.45, 7) is 7.52. The number of Topliss-reactive ketones (excluding diaryl/α,β-unsaturated/α-hetero) is 1. The molecule has 3 heteroatoms. The first-order chi connectivity index (χ1) is 8.30. The van der Waals surface area contributed by atoms with Gasteiger partial charge in [0.05, 0.1) is 0 Å². The lowest BCUT2D eigenvalue weighted by molar-refractivity contribution is 0.0909. The van der Waals surface area contributed by atoms with Gasteiger partial charge in [-0.25, -0.2) is 0 Å². The average molecular weight is 248 g/mol. The molecule has 0 aromatic carbocycles. The van der Waals surface area contributed by atoms with Crippen molar-refractivity contribution in [1.82, 2.24) is 9.47 Å². The quantitative estimate of drug-likeness (QED) is 0.821. The first-order valence-electron chi connectivity index (χ1n) is 6.68. The third kappa shape index (κ3) is 2.51. The van der Waals surface area contributed by atoms with Crippen LogP contribution in [0.1, 0.15) is 43.2 Å². The standard InChI is InChI=1S/C15H24N2O/c1-11(16(4)5)10-17-7-6-12-13(17)8-15(2,3)9-14(12)18/h6-7,11H,8-10H2,1-5H3. The van der Waals surface area contributed by atoms with Crippen LogP contribution >= 0.6 is 0 Å². The second-order valence-electron chi connectivity index (χ2n) is 6.58. The number of carbonyl (C=O) groups is 1. The summed E-state index contributed by atoms with van der Waals surface area (Å²) in [6.07, 6.45) is 3.75. The minimum absolute atomic E-state index is 0.0988. The van der Waals surface area contributed by atoms with Crippen LogP contribution in [0.5, 0.6) is 0 Å². The van der Waals surface area contributed by atoms with Crippen molar-refractivity contribution in [2.24, 2.45) is 5.41 Å². The third-order valence-electron chi connectivity index (χ3n) is 4.01. The number of carbonyl (C=O) groups excluding carboxylic acids is 1. The van der Waals surface area contributed by atoms with Crippen LogP contribution in [-0.2, 0) is 13.0 Å². The lowest BCUT2D eigenvalue weighted by Crippen LogP contribution is -2.32. The highest BCUT2D eigenvalue weighted by Gasteiger charge is 2.33. The number of nitrogens with zero attached hydrogens (tertiary/aromatic N) is 2. The topological polar surface area (TPSA) is 25.2 Å². The maximum Gasteiger partial charge on any atom is 0.165 e. The molecular formula is C15H24N2O. The summed E-state index contributed by atoms with van der Waals surface area (Å²) in [5.74, 6) is 0.303. The van der Waals surface area contributed by atoms with Crippen molar-refractivity contribution in [2.45, 2.75) is 46.2 Å². The van der Waals surface area contributed by atoms with E-state index in [4.69, 9.17) is 0 Å². The monoisotopic (exact) mass is 248 g/mol. The second-order valence-corrected chi connectivity index (χ2v) is 6.58. The average Bonchev–Trinajstić information content (AvgIpc) is 2.59. The van der Waals surface area contributed by atoms with Gasteiger partial charge in [-0.2, -0.15) is 0 Å². The Morgan fingerprint density at radius 2 is 2.06 bits per heavy atom. The largest absolute Gasteiger partial charge is 0.349 e. The molecule has 0 N–H and O–H groups in total. The summed E-state index contributed by atoms with van der Waals surface area (Å²) in [5.41, 5.74) is 2.27. The van der Waals surface area contributed by atoms with Crippen molar-refractivity contribution < 1.29 is 4.79 Å². The van der Waals surface area contributed by atoms with Crippen LogP contribution in [-0.4, -0.2) is 35.4 Å². The van der Waals surface area contributed by atoms with E-state index in [1.165, 1.54) is 5.69 Å². The van der Waals surface area contributed by atoms with Gasteiger partial charge in [0, 0.05) is 36.5 Å². The first-order valence-corrected chi connectivity index (χ1v) is 6.68. The number of likely N-dealkylation sites (N-methyl/N-ethyl adjacent to an activating group) is 1. The summed E-state index contributed by atoms with van der Waals surface area (Å²) in [4.78, 5) is 14.3. The van der Waals surface area contributed by atoms with E-state index in [9.17, 15) is 4.79 Å². The molecule has 0 bridgehead atoms. The normalized spacial score (nSPS) is 20.0. The lowest BCUT2D eigenvalue weighted by atomic mass is 9.76. The Morgan fingerprint density at radius 1 is 1.39 bits per heavy atom. The van der Waals surface area contributed by atoms with Crippen molar-refractivity contribution in [3.05, 3.63) is 23.5 Å². The minimum atomic E-state index is 0.0988. The van der Waals surface area contributed by atoms with Gasteiger partial charge in [0.2, 0.25) is 0 Å². The smallest absolute Gasteiger partial charge is 0.165 e. The molecule has 0 radical (unpaired) electrons. The molecule has 1 aromatic heterocycles. The number of fused-ring (bicyclic) bond motifs is 1. The number of aromatic nitrogens is 1. The number of rotatable bonds is 3. The molecule has 18 heavy (non-hydrogen) atoms. The fraction of sp³-hybridized carbons (Fsp3) is 0.667.